The Morgan fingerprint density at radius 3 is 2.74 bits per heavy atom. The highest BCUT2D eigenvalue weighted by atomic mass is 16.5. The van der Waals surface area contributed by atoms with Gasteiger partial charge in [-0.05, 0) is 19.9 Å². The molecule has 0 spiro atoms. The van der Waals surface area contributed by atoms with E-state index in [0.717, 1.165) is 22.5 Å². The minimum absolute atomic E-state index is 0.0414. The van der Waals surface area contributed by atoms with Gasteiger partial charge in [0.25, 0.3) is 0 Å². The third-order valence-corrected chi connectivity index (χ3v) is 3.79. The number of aromatic nitrogens is 2. The minimum atomic E-state index is -0.0545. The first-order chi connectivity index (χ1) is 11.0. The number of hydrogen-bond acceptors (Lipinski definition) is 4. The highest BCUT2D eigenvalue weighted by Gasteiger charge is 2.13. The number of amides is 1. The molecule has 2 aromatic rings. The number of aryl methyl sites for hydroxylation is 2. The average molecular weight is 317 g/mol. The fourth-order valence-corrected chi connectivity index (χ4v) is 2.44. The Balaban J connectivity index is 1.97. The summed E-state index contributed by atoms with van der Waals surface area (Å²) in [6.45, 7) is 4.45. The molecule has 1 aromatic heterocycles. The molecule has 2 rings (SSSR count). The molecule has 1 amide bonds. The molecule has 0 fully saturated rings. The first-order valence-corrected chi connectivity index (χ1v) is 7.60. The number of ether oxygens (including phenoxy) is 1. The van der Waals surface area contributed by atoms with Gasteiger partial charge in [-0.15, -0.1) is 0 Å². The molecule has 6 heteroatoms. The predicted molar refractivity (Wildman–Crippen MR) is 87.3 cm³/mol. The SMILES string of the molecule is Cc1nn(C)c(C)c1CC(=O)NCc1ccccc1OCCO. The number of aliphatic hydroxyl groups excluding tert-OH is 1. The van der Waals surface area contributed by atoms with Crippen molar-refractivity contribution < 1.29 is 14.6 Å². The molecule has 124 valence electrons. The summed E-state index contributed by atoms with van der Waals surface area (Å²) in [7, 11) is 1.87. The molecule has 0 radical (unpaired) electrons. The minimum Gasteiger partial charge on any atom is -0.491 e. The van der Waals surface area contributed by atoms with Gasteiger partial charge in [-0.3, -0.25) is 9.48 Å². The highest BCUT2D eigenvalue weighted by molar-refractivity contribution is 5.79. The number of nitrogens with zero attached hydrogens (tertiary/aromatic N) is 2. The van der Waals surface area contributed by atoms with Crippen molar-refractivity contribution in [2.75, 3.05) is 13.2 Å². The largest absolute Gasteiger partial charge is 0.491 e. The summed E-state index contributed by atoms with van der Waals surface area (Å²) in [5.74, 6) is 0.622. The molecule has 0 bridgehead atoms. The number of para-hydroxylation sites is 1. The Morgan fingerprint density at radius 2 is 2.09 bits per heavy atom. The highest BCUT2D eigenvalue weighted by Crippen LogP contribution is 2.18. The van der Waals surface area contributed by atoms with Gasteiger partial charge in [-0.25, -0.2) is 0 Å². The Morgan fingerprint density at radius 1 is 1.35 bits per heavy atom. The van der Waals surface area contributed by atoms with E-state index >= 15 is 0 Å². The van der Waals surface area contributed by atoms with Crippen molar-refractivity contribution >= 4 is 5.91 Å². The number of aliphatic hydroxyl groups is 1. The second-order valence-corrected chi connectivity index (χ2v) is 5.41. The first kappa shape index (κ1) is 17.0. The molecule has 6 nitrogen and oxygen atoms in total. The zero-order chi connectivity index (χ0) is 16.8. The molecular weight excluding hydrogens is 294 g/mol. The van der Waals surface area contributed by atoms with Crippen LogP contribution in [0.3, 0.4) is 0 Å². The molecule has 1 aromatic carbocycles. The van der Waals surface area contributed by atoms with Crippen LogP contribution in [0.5, 0.6) is 5.75 Å². The van der Waals surface area contributed by atoms with Crippen LogP contribution < -0.4 is 10.1 Å². The van der Waals surface area contributed by atoms with Crippen LogP contribution in [0.4, 0.5) is 0 Å². The van der Waals surface area contributed by atoms with Crippen molar-refractivity contribution in [2.45, 2.75) is 26.8 Å². The van der Waals surface area contributed by atoms with Crippen molar-refractivity contribution in [3.8, 4) is 5.75 Å². The van der Waals surface area contributed by atoms with Crippen LogP contribution in [0, 0.1) is 13.8 Å². The molecule has 0 atom stereocenters. The lowest BCUT2D eigenvalue weighted by Gasteiger charge is -2.11. The van der Waals surface area contributed by atoms with Crippen LogP contribution in [0.25, 0.3) is 0 Å². The van der Waals surface area contributed by atoms with Crippen LogP contribution in [0.15, 0.2) is 24.3 Å². The summed E-state index contributed by atoms with van der Waals surface area (Å²) in [5, 5.41) is 16.1. The molecule has 0 saturated carbocycles. The van der Waals surface area contributed by atoms with E-state index in [1.54, 1.807) is 4.68 Å². The summed E-state index contributed by atoms with van der Waals surface area (Å²) in [5.41, 5.74) is 3.74. The molecule has 0 aliphatic heterocycles. The average Bonchev–Trinajstić information content (AvgIpc) is 2.78. The monoisotopic (exact) mass is 317 g/mol. The maximum absolute atomic E-state index is 12.2. The van der Waals surface area contributed by atoms with Crippen LogP contribution in [-0.2, 0) is 24.8 Å². The third-order valence-electron chi connectivity index (χ3n) is 3.79. The van der Waals surface area contributed by atoms with E-state index in [4.69, 9.17) is 9.84 Å². The lowest BCUT2D eigenvalue weighted by Crippen LogP contribution is -2.25. The van der Waals surface area contributed by atoms with Crippen LogP contribution in [0.2, 0.25) is 0 Å². The lowest BCUT2D eigenvalue weighted by molar-refractivity contribution is -0.120. The second kappa shape index (κ2) is 7.78. The van der Waals surface area contributed by atoms with Gasteiger partial charge in [0.1, 0.15) is 12.4 Å². The molecule has 0 aliphatic carbocycles. The number of nitrogens with one attached hydrogen (secondary N) is 1. The third kappa shape index (κ3) is 4.32. The maximum atomic E-state index is 12.2. The quantitative estimate of drug-likeness (QED) is 0.806. The molecule has 23 heavy (non-hydrogen) atoms. The number of rotatable bonds is 7. The van der Waals surface area contributed by atoms with Crippen molar-refractivity contribution in [2.24, 2.45) is 7.05 Å². The molecule has 0 aliphatic rings. The van der Waals surface area contributed by atoms with Gasteiger partial charge in [0.05, 0.1) is 18.7 Å². The fraction of sp³-hybridized carbons (Fsp3) is 0.412. The van der Waals surface area contributed by atoms with Gasteiger partial charge in [0, 0.05) is 30.4 Å². The van der Waals surface area contributed by atoms with Gasteiger partial charge >= 0.3 is 0 Å². The molecule has 0 unspecified atom stereocenters. The standard InChI is InChI=1S/C17H23N3O3/c1-12-15(13(2)20(3)19-12)10-17(22)18-11-14-6-4-5-7-16(14)23-9-8-21/h4-7,21H,8-11H2,1-3H3,(H,18,22). The van der Waals surface area contributed by atoms with Crippen molar-refractivity contribution in [1.82, 2.24) is 15.1 Å². The molecule has 2 N–H and O–H groups in total. The van der Waals surface area contributed by atoms with Crippen molar-refractivity contribution in [1.29, 1.82) is 0 Å². The summed E-state index contributed by atoms with van der Waals surface area (Å²) >= 11 is 0. The van der Waals surface area contributed by atoms with Gasteiger partial charge in [0.2, 0.25) is 5.91 Å². The van der Waals surface area contributed by atoms with Gasteiger partial charge in [-0.2, -0.15) is 5.10 Å². The van der Waals surface area contributed by atoms with Gasteiger partial charge < -0.3 is 15.2 Å². The fourth-order valence-electron chi connectivity index (χ4n) is 2.44. The van der Waals surface area contributed by atoms with Crippen molar-refractivity contribution in [3.63, 3.8) is 0 Å². The predicted octanol–water partition coefficient (Wildman–Crippen LogP) is 1.27. The Labute approximate surface area is 136 Å². The van der Waals surface area contributed by atoms with E-state index in [1.165, 1.54) is 0 Å². The van der Waals surface area contributed by atoms with E-state index < -0.39 is 0 Å². The smallest absolute Gasteiger partial charge is 0.224 e. The molecular formula is C17H23N3O3. The normalized spacial score (nSPS) is 10.6. The summed E-state index contributed by atoms with van der Waals surface area (Å²) in [6, 6.07) is 7.48. The summed E-state index contributed by atoms with van der Waals surface area (Å²) in [6.07, 6.45) is 0.311. The van der Waals surface area contributed by atoms with Gasteiger partial charge in [0.15, 0.2) is 0 Å². The molecule has 0 saturated heterocycles. The van der Waals surface area contributed by atoms with Crippen molar-refractivity contribution in [3.05, 3.63) is 46.8 Å². The maximum Gasteiger partial charge on any atom is 0.224 e. The van der Waals surface area contributed by atoms with E-state index in [9.17, 15) is 4.79 Å². The number of carbonyl (C=O) groups is 1. The number of carbonyl (C=O) groups excluding carboxylic acids is 1. The zero-order valence-corrected chi connectivity index (χ0v) is 13.8. The van der Waals surface area contributed by atoms with E-state index in [0.29, 0.717) is 18.7 Å². The van der Waals surface area contributed by atoms with Crippen LogP contribution >= 0.6 is 0 Å². The topological polar surface area (TPSA) is 76.4 Å². The second-order valence-electron chi connectivity index (χ2n) is 5.41. The van der Waals surface area contributed by atoms with E-state index in [1.807, 2.05) is 45.2 Å². The van der Waals surface area contributed by atoms with E-state index in [-0.39, 0.29) is 19.1 Å². The Kier molecular flexibility index (Phi) is 5.76. The van der Waals surface area contributed by atoms with Crippen LogP contribution in [-0.4, -0.2) is 34.0 Å². The summed E-state index contributed by atoms with van der Waals surface area (Å²) < 4.78 is 7.25. The summed E-state index contributed by atoms with van der Waals surface area (Å²) in [4.78, 5) is 12.2. The van der Waals surface area contributed by atoms with Crippen LogP contribution in [0.1, 0.15) is 22.5 Å². The first-order valence-electron chi connectivity index (χ1n) is 7.60. The number of benzene rings is 1. The zero-order valence-electron chi connectivity index (χ0n) is 13.8. The van der Waals surface area contributed by atoms with E-state index in [2.05, 4.69) is 10.4 Å². The Hall–Kier alpha value is -2.34. The van der Waals surface area contributed by atoms with Gasteiger partial charge in [-0.1, -0.05) is 18.2 Å². The molecule has 1 heterocycles. The Bertz CT molecular complexity index is 680. The lowest BCUT2D eigenvalue weighted by atomic mass is 10.1. The number of hydrogen-bond donors (Lipinski definition) is 2.